The van der Waals surface area contributed by atoms with E-state index in [1.54, 1.807) is 45.0 Å². The zero-order valence-corrected chi connectivity index (χ0v) is 18.8. The zero-order chi connectivity index (χ0) is 22.9. The second-order valence-corrected chi connectivity index (χ2v) is 8.89. The highest BCUT2D eigenvalue weighted by Gasteiger charge is 2.40. The van der Waals surface area contributed by atoms with Crippen molar-refractivity contribution in [2.75, 3.05) is 25.1 Å². The molecule has 166 valence electrons. The van der Waals surface area contributed by atoms with Gasteiger partial charge in [0, 0.05) is 18.2 Å². The third-order valence-electron chi connectivity index (χ3n) is 5.27. The summed E-state index contributed by atoms with van der Waals surface area (Å²) in [5.74, 6) is -0.306. The molecule has 9 heteroatoms. The van der Waals surface area contributed by atoms with Crippen molar-refractivity contribution >= 4 is 27.2 Å². The number of rotatable bonds is 6. The van der Waals surface area contributed by atoms with Gasteiger partial charge in [0.1, 0.15) is 5.82 Å². The van der Waals surface area contributed by atoms with Crippen LogP contribution in [-0.4, -0.2) is 35.1 Å². The van der Waals surface area contributed by atoms with Crippen molar-refractivity contribution in [1.82, 2.24) is 5.32 Å². The molecule has 2 aromatic carbocycles. The molecule has 0 spiro atoms. The third kappa shape index (κ3) is 3.97. The quantitative estimate of drug-likeness (QED) is 0.730. The lowest BCUT2D eigenvalue weighted by atomic mass is 10.0. The minimum absolute atomic E-state index is 0.127. The van der Waals surface area contributed by atoms with E-state index in [4.69, 9.17) is 9.47 Å². The van der Waals surface area contributed by atoms with Gasteiger partial charge in [0.25, 0.3) is 15.9 Å². The molecule has 1 N–H and O–H groups in total. The van der Waals surface area contributed by atoms with Gasteiger partial charge in [0.15, 0.2) is 16.4 Å². The highest BCUT2D eigenvalue weighted by atomic mass is 32.2. The summed E-state index contributed by atoms with van der Waals surface area (Å²) in [6, 6.07) is 8.39. The molecule has 0 bridgehead atoms. The van der Waals surface area contributed by atoms with Gasteiger partial charge >= 0.3 is 0 Å². The predicted octanol–water partition coefficient (Wildman–Crippen LogP) is 3.62. The van der Waals surface area contributed by atoms with E-state index in [-0.39, 0.29) is 11.4 Å². The Morgan fingerprint density at radius 1 is 1.13 bits per heavy atom. The molecule has 0 aromatic heterocycles. The maximum Gasteiger partial charge on any atom is 0.270 e. The van der Waals surface area contributed by atoms with Crippen molar-refractivity contribution in [2.45, 2.75) is 26.8 Å². The molecule has 1 amide bonds. The number of fused-ring (bicyclic) bond motifs is 1. The van der Waals surface area contributed by atoms with Crippen molar-refractivity contribution < 1.29 is 27.1 Å². The number of ether oxygens (including phenoxy) is 2. The lowest BCUT2D eigenvalue weighted by Crippen LogP contribution is -2.41. The van der Waals surface area contributed by atoms with Crippen LogP contribution in [0.25, 0.3) is 5.57 Å². The van der Waals surface area contributed by atoms with Crippen molar-refractivity contribution in [1.29, 1.82) is 0 Å². The van der Waals surface area contributed by atoms with E-state index in [2.05, 4.69) is 5.32 Å². The summed E-state index contributed by atoms with van der Waals surface area (Å²) in [5.41, 5.74) is 1.94. The Morgan fingerprint density at radius 3 is 2.26 bits per heavy atom. The van der Waals surface area contributed by atoms with E-state index in [0.717, 1.165) is 0 Å². The van der Waals surface area contributed by atoms with Crippen LogP contribution in [0.1, 0.15) is 37.9 Å². The van der Waals surface area contributed by atoms with E-state index < -0.39 is 27.8 Å². The Labute approximate surface area is 181 Å². The molecule has 0 saturated carbocycles. The van der Waals surface area contributed by atoms with E-state index in [1.165, 1.54) is 30.7 Å². The Balaban J connectivity index is 2.09. The fraction of sp³-hybridized carbons (Fsp3) is 0.318. The Bertz CT molecular complexity index is 1140. The molecule has 31 heavy (non-hydrogen) atoms. The zero-order valence-electron chi connectivity index (χ0n) is 18.0. The van der Waals surface area contributed by atoms with Gasteiger partial charge in [-0.1, -0.05) is 12.1 Å². The first-order chi connectivity index (χ1) is 14.6. The van der Waals surface area contributed by atoms with Crippen LogP contribution in [0.5, 0.6) is 11.5 Å². The number of benzene rings is 2. The van der Waals surface area contributed by atoms with E-state index in [0.29, 0.717) is 33.9 Å². The first kappa shape index (κ1) is 22.6. The van der Waals surface area contributed by atoms with Crippen LogP contribution in [0.2, 0.25) is 0 Å². The molecule has 0 saturated heterocycles. The lowest BCUT2D eigenvalue weighted by Gasteiger charge is -2.32. The fourth-order valence-electron chi connectivity index (χ4n) is 3.66. The molecule has 1 heterocycles. The first-order valence-corrected chi connectivity index (χ1v) is 11.2. The van der Waals surface area contributed by atoms with Gasteiger partial charge in [-0.3, -0.25) is 9.10 Å². The lowest BCUT2D eigenvalue weighted by molar-refractivity contribution is -0.117. The fourth-order valence-corrected chi connectivity index (χ4v) is 5.42. The minimum atomic E-state index is -4.11. The van der Waals surface area contributed by atoms with Gasteiger partial charge in [-0.15, -0.1) is 0 Å². The van der Waals surface area contributed by atoms with E-state index in [9.17, 15) is 17.6 Å². The maximum atomic E-state index is 13.4. The number of allylic oxidation sites excluding steroid dienone is 1. The molecule has 1 unspecified atom stereocenters. The number of nitrogens with zero attached hydrogens (tertiary/aromatic N) is 1. The standard InChI is InChI=1S/C22H25FN2O5S/c1-6-25-18-12-20(30-5)19(29-4)11-17(18)13(2)21(31(25,27)28)22(26)24-14(3)15-7-9-16(23)10-8-15/h7-12,14H,6H2,1-5H3,(H,24,26). The summed E-state index contributed by atoms with van der Waals surface area (Å²) < 4.78 is 51.8. The molecule has 7 nitrogen and oxygen atoms in total. The minimum Gasteiger partial charge on any atom is -0.493 e. The summed E-state index contributed by atoms with van der Waals surface area (Å²) in [7, 11) is -1.16. The largest absolute Gasteiger partial charge is 0.493 e. The normalized spacial score (nSPS) is 15.9. The van der Waals surface area contributed by atoms with Gasteiger partial charge in [0.2, 0.25) is 0 Å². The average molecular weight is 449 g/mol. The van der Waals surface area contributed by atoms with Crippen LogP contribution in [0.4, 0.5) is 10.1 Å². The summed E-state index contributed by atoms with van der Waals surface area (Å²) in [5, 5.41) is 2.72. The van der Waals surface area contributed by atoms with Crippen LogP contribution >= 0.6 is 0 Å². The number of halogens is 1. The molecule has 3 rings (SSSR count). The predicted molar refractivity (Wildman–Crippen MR) is 117 cm³/mol. The van der Waals surface area contributed by atoms with Crippen molar-refractivity contribution in [3.63, 3.8) is 0 Å². The first-order valence-electron chi connectivity index (χ1n) is 9.72. The summed E-state index contributed by atoms with van der Waals surface area (Å²) in [6.07, 6.45) is 0. The van der Waals surface area contributed by atoms with Crippen LogP contribution in [0, 0.1) is 5.82 Å². The van der Waals surface area contributed by atoms with Gasteiger partial charge < -0.3 is 14.8 Å². The van der Waals surface area contributed by atoms with Gasteiger partial charge in [-0.25, -0.2) is 12.8 Å². The highest BCUT2D eigenvalue weighted by molar-refractivity contribution is 7.97. The molecule has 1 aliphatic heterocycles. The molecular weight excluding hydrogens is 423 g/mol. The molecule has 0 radical (unpaired) electrons. The number of amides is 1. The number of carbonyl (C=O) groups excluding carboxylic acids is 1. The van der Waals surface area contributed by atoms with Crippen molar-refractivity contribution in [3.05, 3.63) is 58.2 Å². The van der Waals surface area contributed by atoms with Gasteiger partial charge in [0.05, 0.1) is 25.9 Å². The Hall–Kier alpha value is -3.07. The number of methoxy groups -OCH3 is 2. The van der Waals surface area contributed by atoms with Gasteiger partial charge in [-0.05, 0) is 50.1 Å². The second-order valence-electron chi connectivity index (χ2n) is 7.09. The molecule has 0 aliphatic carbocycles. The maximum absolute atomic E-state index is 13.4. The third-order valence-corrected chi connectivity index (χ3v) is 7.32. The van der Waals surface area contributed by atoms with Crippen molar-refractivity contribution in [3.8, 4) is 11.5 Å². The number of hydrogen-bond donors (Lipinski definition) is 1. The van der Waals surface area contributed by atoms with Crippen LogP contribution in [0.3, 0.4) is 0 Å². The number of anilines is 1. The van der Waals surface area contributed by atoms with Crippen LogP contribution < -0.4 is 19.1 Å². The molecular formula is C22H25FN2O5S. The van der Waals surface area contributed by atoms with Crippen molar-refractivity contribution in [2.24, 2.45) is 0 Å². The average Bonchev–Trinajstić information content (AvgIpc) is 2.73. The SMILES string of the molecule is CCN1c2cc(OC)c(OC)cc2C(C)=C(C(=O)NC(C)c2ccc(F)cc2)S1(=O)=O. The highest BCUT2D eigenvalue weighted by Crippen LogP contribution is 2.44. The Kier molecular flexibility index (Phi) is 6.26. The number of hydrogen-bond acceptors (Lipinski definition) is 5. The van der Waals surface area contributed by atoms with E-state index in [1.807, 2.05) is 0 Å². The monoisotopic (exact) mass is 448 g/mol. The number of sulfonamides is 1. The second kappa shape index (κ2) is 8.58. The molecule has 0 fully saturated rings. The van der Waals surface area contributed by atoms with Crippen LogP contribution in [-0.2, 0) is 14.8 Å². The smallest absolute Gasteiger partial charge is 0.270 e. The van der Waals surface area contributed by atoms with E-state index >= 15 is 0 Å². The van der Waals surface area contributed by atoms with Crippen LogP contribution in [0.15, 0.2) is 41.3 Å². The summed E-state index contributed by atoms with van der Waals surface area (Å²) >= 11 is 0. The summed E-state index contributed by atoms with van der Waals surface area (Å²) in [6.45, 7) is 5.11. The topological polar surface area (TPSA) is 84.9 Å². The molecule has 1 aliphatic rings. The number of nitrogens with one attached hydrogen (secondary N) is 1. The Morgan fingerprint density at radius 2 is 1.71 bits per heavy atom. The molecule has 1 atom stereocenters. The number of carbonyl (C=O) groups is 1. The molecule has 2 aromatic rings. The summed E-state index contributed by atoms with van der Waals surface area (Å²) in [4.78, 5) is 12.8. The van der Waals surface area contributed by atoms with Gasteiger partial charge in [-0.2, -0.15) is 0 Å².